The van der Waals surface area contributed by atoms with Gasteiger partial charge in [0.15, 0.2) is 5.82 Å². The number of nitrogens with one attached hydrogen (secondary N) is 1. The van der Waals surface area contributed by atoms with Gasteiger partial charge in [0, 0.05) is 55.7 Å². The molecule has 4 saturated heterocycles. The van der Waals surface area contributed by atoms with E-state index in [1.165, 1.54) is 6.92 Å². The van der Waals surface area contributed by atoms with Gasteiger partial charge >= 0.3 is 12.2 Å². The van der Waals surface area contributed by atoms with E-state index in [1.807, 2.05) is 0 Å². The molecule has 42 heavy (non-hydrogen) atoms. The normalized spacial score (nSPS) is 31.0. The first-order valence-corrected chi connectivity index (χ1v) is 14.7. The van der Waals surface area contributed by atoms with Crippen molar-refractivity contribution >= 4 is 11.5 Å². The lowest BCUT2D eigenvalue weighted by Crippen LogP contribution is -2.52. The number of rotatable bonds is 5. The molecule has 13 heteroatoms. The average molecular weight is 595 g/mol. The predicted molar refractivity (Wildman–Crippen MR) is 145 cm³/mol. The van der Waals surface area contributed by atoms with Gasteiger partial charge in [-0.15, -0.1) is 0 Å². The maximum Gasteiger partial charge on any atom is 0.417 e. The summed E-state index contributed by atoms with van der Waals surface area (Å²) < 4.78 is 84.3. The predicted octanol–water partition coefficient (Wildman–Crippen LogP) is 4.23. The van der Waals surface area contributed by atoms with Crippen LogP contribution in [0.25, 0.3) is 0 Å². The molecule has 7 rings (SSSR count). The standard InChI is InChI=1S/C29H35F5N6O2/c1-15-7-20(35)25(31)23(24(15)29(32,33)34)22-8-21-19(13-41-22)26(39-11-17-3-4-18(12-39)36-17)38-27(37-21)42-14-28-5-2-6-40(28)10-16(30)9-28/h7,16-18,22,36H,2-6,8-14,35H2,1H3/t16-,17?,18?,22-,28+/m1/s1. The molecule has 1 aromatic heterocycles. The highest BCUT2D eigenvalue weighted by Gasteiger charge is 2.49. The van der Waals surface area contributed by atoms with Crippen molar-refractivity contribution in [2.45, 2.75) is 88.1 Å². The van der Waals surface area contributed by atoms with E-state index in [2.05, 4.69) is 20.1 Å². The molecule has 0 saturated carbocycles. The molecular formula is C29H35F5N6O2. The van der Waals surface area contributed by atoms with Gasteiger partial charge in [-0.3, -0.25) is 4.90 Å². The molecule has 8 nitrogen and oxygen atoms in total. The molecule has 0 amide bonds. The van der Waals surface area contributed by atoms with Crippen molar-refractivity contribution < 1.29 is 31.4 Å². The Morgan fingerprint density at radius 3 is 2.69 bits per heavy atom. The molecule has 3 N–H and O–H groups in total. The monoisotopic (exact) mass is 594 g/mol. The van der Waals surface area contributed by atoms with Gasteiger partial charge in [0.05, 0.1) is 35.2 Å². The highest BCUT2D eigenvalue weighted by molar-refractivity contribution is 5.55. The maximum atomic E-state index is 15.3. The minimum absolute atomic E-state index is 0.0826. The van der Waals surface area contributed by atoms with Crippen LogP contribution in [-0.4, -0.2) is 71.4 Å². The molecule has 2 bridgehead atoms. The molecule has 228 valence electrons. The molecule has 0 spiro atoms. The third kappa shape index (κ3) is 4.77. The lowest BCUT2D eigenvalue weighted by molar-refractivity contribution is -0.140. The van der Waals surface area contributed by atoms with Gasteiger partial charge in [0.1, 0.15) is 18.6 Å². The molecule has 6 heterocycles. The Morgan fingerprint density at radius 2 is 1.95 bits per heavy atom. The summed E-state index contributed by atoms with van der Waals surface area (Å²) in [4.78, 5) is 13.7. The number of hydrogen-bond acceptors (Lipinski definition) is 8. The number of nitrogens with two attached hydrogens (primary N) is 1. The molecule has 5 aliphatic heterocycles. The van der Waals surface area contributed by atoms with Gasteiger partial charge in [0.25, 0.3) is 0 Å². The number of aryl methyl sites for hydroxylation is 1. The van der Waals surface area contributed by atoms with Crippen molar-refractivity contribution in [2.75, 3.05) is 43.4 Å². The minimum Gasteiger partial charge on any atom is -0.461 e. The van der Waals surface area contributed by atoms with E-state index in [-0.39, 0.29) is 36.9 Å². The number of hydrogen-bond donors (Lipinski definition) is 2. The number of halogens is 5. The van der Waals surface area contributed by atoms with E-state index in [1.54, 1.807) is 0 Å². The highest BCUT2D eigenvalue weighted by Crippen LogP contribution is 2.45. The van der Waals surface area contributed by atoms with Crippen LogP contribution in [0.5, 0.6) is 6.01 Å². The van der Waals surface area contributed by atoms with E-state index < -0.39 is 40.9 Å². The van der Waals surface area contributed by atoms with Gasteiger partial charge in [-0.2, -0.15) is 23.1 Å². The van der Waals surface area contributed by atoms with E-state index in [9.17, 15) is 17.6 Å². The van der Waals surface area contributed by atoms with Crippen LogP contribution in [0.15, 0.2) is 6.07 Å². The number of fused-ring (bicyclic) bond motifs is 4. The number of aromatic nitrogens is 2. The SMILES string of the molecule is Cc1cc(N)c(F)c([C@H]2Cc3nc(OC[C@@]45CCCN4C[C@H](F)C5)nc(N4CC5CCC(C4)N5)c3CO2)c1C(F)(F)F. The van der Waals surface area contributed by atoms with Gasteiger partial charge in [-0.25, -0.2) is 8.78 Å². The fraction of sp³-hybridized carbons (Fsp3) is 0.655. The molecule has 4 fully saturated rings. The van der Waals surface area contributed by atoms with E-state index in [0.717, 1.165) is 38.3 Å². The zero-order chi connectivity index (χ0) is 29.4. The van der Waals surface area contributed by atoms with Crippen LogP contribution in [-0.2, 0) is 23.9 Å². The number of nitrogens with zero attached hydrogens (tertiary/aromatic N) is 4. The van der Waals surface area contributed by atoms with Crippen molar-refractivity contribution in [1.29, 1.82) is 0 Å². The Hall–Kier alpha value is -2.77. The Morgan fingerprint density at radius 1 is 1.19 bits per heavy atom. The smallest absolute Gasteiger partial charge is 0.417 e. The molecule has 2 unspecified atom stereocenters. The van der Waals surface area contributed by atoms with E-state index in [0.29, 0.717) is 55.2 Å². The summed E-state index contributed by atoms with van der Waals surface area (Å²) in [6, 6.07) is 1.71. The molecule has 0 radical (unpaired) electrons. The average Bonchev–Trinajstić information content (AvgIpc) is 3.58. The third-order valence-corrected chi connectivity index (χ3v) is 9.74. The number of anilines is 2. The van der Waals surface area contributed by atoms with Crippen LogP contribution in [0.4, 0.5) is 33.5 Å². The number of piperazine rings is 1. The second-order valence-corrected chi connectivity index (χ2v) is 12.5. The summed E-state index contributed by atoms with van der Waals surface area (Å²) >= 11 is 0. The molecule has 1 aromatic carbocycles. The first-order chi connectivity index (χ1) is 20.0. The minimum atomic E-state index is -4.80. The van der Waals surface area contributed by atoms with Crippen molar-refractivity contribution in [3.8, 4) is 6.01 Å². The summed E-state index contributed by atoms with van der Waals surface area (Å²) in [6.45, 7) is 4.03. The van der Waals surface area contributed by atoms with Crippen LogP contribution >= 0.6 is 0 Å². The largest absolute Gasteiger partial charge is 0.461 e. The first-order valence-electron chi connectivity index (χ1n) is 14.7. The number of alkyl halides is 4. The third-order valence-electron chi connectivity index (χ3n) is 9.74. The summed E-state index contributed by atoms with van der Waals surface area (Å²) in [7, 11) is 0. The summed E-state index contributed by atoms with van der Waals surface area (Å²) in [5.74, 6) is -0.504. The number of benzene rings is 1. The Balaban J connectivity index is 1.25. The van der Waals surface area contributed by atoms with Crippen LogP contribution < -0.4 is 20.7 Å². The quantitative estimate of drug-likeness (QED) is 0.393. The summed E-state index contributed by atoms with van der Waals surface area (Å²) in [6.07, 6.45) is -2.81. The zero-order valence-electron chi connectivity index (χ0n) is 23.4. The molecular weight excluding hydrogens is 559 g/mol. The van der Waals surface area contributed by atoms with Gasteiger partial charge in [-0.05, 0) is 50.8 Å². The Bertz CT molecular complexity index is 1380. The Kier molecular flexibility index (Phi) is 6.78. The van der Waals surface area contributed by atoms with Crippen LogP contribution in [0, 0.1) is 12.7 Å². The second-order valence-electron chi connectivity index (χ2n) is 12.5. The van der Waals surface area contributed by atoms with Crippen molar-refractivity contribution in [3.05, 3.63) is 39.8 Å². The van der Waals surface area contributed by atoms with E-state index in [4.69, 9.17) is 20.2 Å². The highest BCUT2D eigenvalue weighted by atomic mass is 19.4. The lowest BCUT2D eigenvalue weighted by Gasteiger charge is -2.37. The van der Waals surface area contributed by atoms with Gasteiger partial charge in [-0.1, -0.05) is 0 Å². The molecule has 0 aliphatic carbocycles. The van der Waals surface area contributed by atoms with Crippen molar-refractivity contribution in [3.63, 3.8) is 0 Å². The van der Waals surface area contributed by atoms with E-state index >= 15 is 4.39 Å². The summed E-state index contributed by atoms with van der Waals surface area (Å²) in [5, 5.41) is 3.59. The second kappa shape index (κ2) is 10.2. The Labute approximate surface area is 240 Å². The maximum absolute atomic E-state index is 15.3. The number of nitrogen functional groups attached to an aromatic ring is 1. The number of ether oxygens (including phenoxy) is 2. The van der Waals surface area contributed by atoms with Crippen molar-refractivity contribution in [1.82, 2.24) is 20.2 Å². The van der Waals surface area contributed by atoms with Crippen LogP contribution in [0.1, 0.15) is 66.2 Å². The topological polar surface area (TPSA) is 88.8 Å². The molecule has 5 aliphatic rings. The van der Waals surface area contributed by atoms with Gasteiger partial charge in [0.2, 0.25) is 0 Å². The lowest BCUT2D eigenvalue weighted by atomic mass is 9.91. The van der Waals surface area contributed by atoms with Crippen LogP contribution in [0.3, 0.4) is 0 Å². The fourth-order valence-corrected chi connectivity index (χ4v) is 7.88. The molecule has 2 aromatic rings. The molecule has 5 atom stereocenters. The van der Waals surface area contributed by atoms with Crippen LogP contribution in [0.2, 0.25) is 0 Å². The fourth-order valence-electron chi connectivity index (χ4n) is 7.88. The van der Waals surface area contributed by atoms with Crippen molar-refractivity contribution in [2.24, 2.45) is 0 Å². The zero-order valence-corrected chi connectivity index (χ0v) is 23.4. The summed E-state index contributed by atoms with van der Waals surface area (Å²) in [5.41, 5.74) is 4.28. The first kappa shape index (κ1) is 28.0. The van der Waals surface area contributed by atoms with Gasteiger partial charge < -0.3 is 25.4 Å².